The Morgan fingerprint density at radius 1 is 1.11 bits per heavy atom. The van der Waals surface area contributed by atoms with Crippen LogP contribution in [-0.2, 0) is 5.41 Å². The van der Waals surface area contributed by atoms with Gasteiger partial charge in [0.1, 0.15) is 5.75 Å². The van der Waals surface area contributed by atoms with Crippen molar-refractivity contribution in [3.63, 3.8) is 0 Å². The third kappa shape index (κ3) is 4.16. The summed E-state index contributed by atoms with van der Waals surface area (Å²) in [6.07, 6.45) is 1.66. The molecule has 2 aromatic rings. The number of likely N-dealkylation sites (tertiary alicyclic amines) is 1. The minimum Gasteiger partial charge on any atom is -0.508 e. The van der Waals surface area contributed by atoms with Crippen LogP contribution in [0.25, 0.3) is 0 Å². The Balaban J connectivity index is 1.74. The summed E-state index contributed by atoms with van der Waals surface area (Å²) >= 11 is 0. The molecule has 2 aromatic carbocycles. The maximum Gasteiger partial charge on any atom is 0.273 e. The summed E-state index contributed by atoms with van der Waals surface area (Å²) in [6.45, 7) is 6.99. The van der Waals surface area contributed by atoms with Crippen LogP contribution in [0.15, 0.2) is 42.5 Å². The number of piperidine rings is 1. The molecule has 1 amide bonds. The Morgan fingerprint density at radius 2 is 1.71 bits per heavy atom. The number of aromatic hydroxyl groups is 1. The second kappa shape index (κ2) is 7.62. The molecule has 3 rings (SSSR count). The van der Waals surface area contributed by atoms with Gasteiger partial charge in [-0.05, 0) is 47.9 Å². The second-order valence-corrected chi connectivity index (χ2v) is 8.40. The molecule has 0 aromatic heterocycles. The van der Waals surface area contributed by atoms with Crippen molar-refractivity contribution >= 4 is 11.6 Å². The number of rotatable bonds is 3. The van der Waals surface area contributed by atoms with Crippen LogP contribution in [0, 0.1) is 10.1 Å². The van der Waals surface area contributed by atoms with Gasteiger partial charge in [0.2, 0.25) is 0 Å². The van der Waals surface area contributed by atoms with Crippen LogP contribution < -0.4 is 0 Å². The van der Waals surface area contributed by atoms with Gasteiger partial charge in [0.25, 0.3) is 11.6 Å². The van der Waals surface area contributed by atoms with Gasteiger partial charge in [0.05, 0.1) is 4.92 Å². The van der Waals surface area contributed by atoms with Crippen LogP contribution in [0.4, 0.5) is 5.69 Å². The van der Waals surface area contributed by atoms with Crippen molar-refractivity contribution in [2.24, 2.45) is 0 Å². The van der Waals surface area contributed by atoms with Gasteiger partial charge in [-0.1, -0.05) is 39.0 Å². The standard InChI is InChI=1S/C22H26N2O4/c1-22(2,3)19-9-6-17(14-20(19)24(27)28)21(26)23-12-10-16(11-13-23)15-4-7-18(25)8-5-15/h4-9,14,16,25H,10-13H2,1-3H3. The lowest BCUT2D eigenvalue weighted by atomic mass is 9.85. The summed E-state index contributed by atoms with van der Waals surface area (Å²) in [5.74, 6) is 0.437. The molecule has 0 bridgehead atoms. The normalized spacial score (nSPS) is 15.5. The second-order valence-electron chi connectivity index (χ2n) is 8.40. The molecule has 28 heavy (non-hydrogen) atoms. The Labute approximate surface area is 165 Å². The first kappa shape index (κ1) is 19.9. The fourth-order valence-electron chi connectivity index (χ4n) is 3.79. The summed E-state index contributed by atoms with van der Waals surface area (Å²) in [4.78, 5) is 25.8. The van der Waals surface area contributed by atoms with E-state index in [1.807, 2.05) is 32.9 Å². The number of amides is 1. The zero-order valence-electron chi connectivity index (χ0n) is 16.5. The van der Waals surface area contributed by atoms with Crippen molar-refractivity contribution in [1.29, 1.82) is 0 Å². The molecule has 0 spiro atoms. The van der Waals surface area contributed by atoms with E-state index in [-0.39, 0.29) is 22.8 Å². The molecule has 148 valence electrons. The van der Waals surface area contributed by atoms with Crippen molar-refractivity contribution in [2.75, 3.05) is 13.1 Å². The van der Waals surface area contributed by atoms with E-state index < -0.39 is 4.92 Å². The number of phenols is 1. The van der Waals surface area contributed by atoms with Crippen molar-refractivity contribution in [3.8, 4) is 5.75 Å². The van der Waals surface area contributed by atoms with Gasteiger partial charge in [0.15, 0.2) is 0 Å². The highest BCUT2D eigenvalue weighted by molar-refractivity contribution is 5.95. The predicted molar refractivity (Wildman–Crippen MR) is 108 cm³/mol. The number of phenolic OH excluding ortho intramolecular Hbond substituents is 1. The number of nitro benzene ring substituents is 1. The lowest BCUT2D eigenvalue weighted by molar-refractivity contribution is -0.386. The highest BCUT2D eigenvalue weighted by Gasteiger charge is 2.29. The fourth-order valence-corrected chi connectivity index (χ4v) is 3.79. The Morgan fingerprint density at radius 3 is 2.25 bits per heavy atom. The Bertz CT molecular complexity index is 876. The lowest BCUT2D eigenvalue weighted by Crippen LogP contribution is -2.38. The maximum atomic E-state index is 12.9. The van der Waals surface area contributed by atoms with Crippen molar-refractivity contribution < 1.29 is 14.8 Å². The molecule has 0 aliphatic carbocycles. The van der Waals surface area contributed by atoms with Gasteiger partial charge in [-0.2, -0.15) is 0 Å². The largest absolute Gasteiger partial charge is 0.508 e. The van der Waals surface area contributed by atoms with E-state index in [9.17, 15) is 20.0 Å². The van der Waals surface area contributed by atoms with E-state index in [1.165, 1.54) is 6.07 Å². The molecule has 1 saturated heterocycles. The number of hydrogen-bond acceptors (Lipinski definition) is 4. The van der Waals surface area contributed by atoms with Crippen molar-refractivity contribution in [2.45, 2.75) is 44.9 Å². The number of nitrogens with zero attached hydrogens (tertiary/aromatic N) is 2. The first-order valence-corrected chi connectivity index (χ1v) is 9.54. The molecule has 0 atom stereocenters. The molecular formula is C22H26N2O4. The van der Waals surface area contributed by atoms with E-state index >= 15 is 0 Å². The topological polar surface area (TPSA) is 83.7 Å². The molecule has 6 heteroatoms. The van der Waals surface area contributed by atoms with Crippen LogP contribution in [-0.4, -0.2) is 33.9 Å². The zero-order chi connectivity index (χ0) is 20.5. The quantitative estimate of drug-likeness (QED) is 0.620. The number of hydrogen-bond donors (Lipinski definition) is 1. The number of benzene rings is 2. The average molecular weight is 382 g/mol. The Hall–Kier alpha value is -2.89. The van der Waals surface area contributed by atoms with E-state index in [0.29, 0.717) is 30.1 Å². The van der Waals surface area contributed by atoms with Gasteiger partial charge in [-0.15, -0.1) is 0 Å². The van der Waals surface area contributed by atoms with Gasteiger partial charge in [0, 0.05) is 30.3 Å². The van der Waals surface area contributed by atoms with E-state index in [2.05, 4.69) is 0 Å². The highest BCUT2D eigenvalue weighted by atomic mass is 16.6. The molecule has 0 unspecified atom stereocenters. The SMILES string of the molecule is CC(C)(C)c1ccc(C(=O)N2CCC(c3ccc(O)cc3)CC2)cc1[N+](=O)[O-]. The third-order valence-electron chi connectivity index (χ3n) is 5.40. The van der Waals surface area contributed by atoms with E-state index in [1.54, 1.807) is 29.2 Å². The molecule has 0 saturated carbocycles. The number of nitro groups is 1. The fraction of sp³-hybridized carbons (Fsp3) is 0.409. The van der Waals surface area contributed by atoms with Gasteiger partial charge < -0.3 is 10.0 Å². The summed E-state index contributed by atoms with van der Waals surface area (Å²) in [7, 11) is 0. The first-order chi connectivity index (χ1) is 13.2. The van der Waals surface area contributed by atoms with Crippen LogP contribution >= 0.6 is 0 Å². The molecule has 1 heterocycles. The molecule has 1 N–H and O–H groups in total. The predicted octanol–water partition coefficient (Wildman–Crippen LogP) is 4.62. The molecule has 0 radical (unpaired) electrons. The van der Waals surface area contributed by atoms with Gasteiger partial charge >= 0.3 is 0 Å². The summed E-state index contributed by atoms with van der Waals surface area (Å²) < 4.78 is 0. The minimum absolute atomic E-state index is 0.00247. The minimum atomic E-state index is -0.408. The number of carbonyl (C=O) groups is 1. The monoisotopic (exact) mass is 382 g/mol. The average Bonchev–Trinajstić information content (AvgIpc) is 2.67. The van der Waals surface area contributed by atoms with E-state index in [4.69, 9.17) is 0 Å². The van der Waals surface area contributed by atoms with Crippen LogP contribution in [0.3, 0.4) is 0 Å². The molecule has 1 aliphatic rings. The summed E-state index contributed by atoms with van der Waals surface area (Å²) in [5.41, 5.74) is 1.78. The van der Waals surface area contributed by atoms with Gasteiger partial charge in [-0.3, -0.25) is 14.9 Å². The van der Waals surface area contributed by atoms with E-state index in [0.717, 1.165) is 18.4 Å². The van der Waals surface area contributed by atoms with Crippen molar-refractivity contribution in [1.82, 2.24) is 4.90 Å². The van der Waals surface area contributed by atoms with Crippen LogP contribution in [0.1, 0.15) is 61.0 Å². The molecule has 6 nitrogen and oxygen atoms in total. The Kier molecular flexibility index (Phi) is 5.40. The lowest BCUT2D eigenvalue weighted by Gasteiger charge is -2.32. The molecule has 1 aliphatic heterocycles. The molecule has 1 fully saturated rings. The maximum absolute atomic E-state index is 12.9. The zero-order valence-corrected chi connectivity index (χ0v) is 16.5. The third-order valence-corrected chi connectivity index (χ3v) is 5.40. The van der Waals surface area contributed by atoms with Gasteiger partial charge in [-0.25, -0.2) is 0 Å². The summed E-state index contributed by atoms with van der Waals surface area (Å²) in [6, 6.07) is 12.0. The van der Waals surface area contributed by atoms with Crippen LogP contribution in [0.5, 0.6) is 5.75 Å². The smallest absolute Gasteiger partial charge is 0.273 e. The molecular weight excluding hydrogens is 356 g/mol. The highest BCUT2D eigenvalue weighted by Crippen LogP contribution is 2.33. The van der Waals surface area contributed by atoms with Crippen molar-refractivity contribution in [3.05, 3.63) is 69.3 Å². The number of carbonyl (C=O) groups excluding carboxylic acids is 1. The van der Waals surface area contributed by atoms with Crippen LogP contribution in [0.2, 0.25) is 0 Å². The summed E-state index contributed by atoms with van der Waals surface area (Å²) in [5, 5.41) is 20.9. The first-order valence-electron chi connectivity index (χ1n) is 9.54.